The average molecular weight is 292 g/mol. The molecule has 74 valence electrons. The van der Waals surface area contributed by atoms with E-state index < -0.39 is 21.5 Å². The van der Waals surface area contributed by atoms with Gasteiger partial charge >= 0.3 is 96.7 Å². The van der Waals surface area contributed by atoms with Gasteiger partial charge in [0.25, 0.3) is 0 Å². The summed E-state index contributed by atoms with van der Waals surface area (Å²) >= 11 is -3.12. The Morgan fingerprint density at radius 1 is 1.23 bits per heavy atom. The summed E-state index contributed by atoms with van der Waals surface area (Å²) in [7, 11) is 16.9. The Morgan fingerprint density at radius 3 is 2.08 bits per heavy atom. The minimum absolute atomic E-state index is 0.871. The zero-order chi connectivity index (χ0) is 10.3. The zero-order valence-electron chi connectivity index (χ0n) is 8.00. The van der Waals surface area contributed by atoms with Crippen molar-refractivity contribution >= 4 is 36.0 Å². The van der Waals surface area contributed by atoms with Gasteiger partial charge in [0.2, 0.25) is 0 Å². The quantitative estimate of drug-likeness (QED) is 0.647. The summed E-state index contributed by atoms with van der Waals surface area (Å²) in [5.41, 5.74) is 0. The van der Waals surface area contributed by atoms with Gasteiger partial charge < -0.3 is 0 Å². The van der Waals surface area contributed by atoms with Crippen LogP contribution in [0.15, 0.2) is 21.2 Å². The summed E-state index contributed by atoms with van der Waals surface area (Å²) in [6, 6.07) is 0. The molecule has 0 bridgehead atoms. The van der Waals surface area contributed by atoms with E-state index >= 15 is 0 Å². The van der Waals surface area contributed by atoms with Crippen molar-refractivity contribution in [2.45, 2.75) is 26.1 Å². The van der Waals surface area contributed by atoms with Crippen LogP contribution in [0.25, 0.3) is 0 Å². The number of hydrogen-bond acceptors (Lipinski definition) is 0. The molecule has 1 aliphatic rings. The standard InChI is InChI=1S/C8H13Si.3ClH.Ti/c1-9(2,3)8-6-4-5-7-8;;;;/h4,6H,5H2,1-3H3;3*1H;/q;;;;+3/p-3. The molecule has 0 fully saturated rings. The van der Waals surface area contributed by atoms with Crippen molar-refractivity contribution in [3.8, 4) is 0 Å². The molecule has 0 saturated heterocycles. The third-order valence-corrected chi connectivity index (χ3v) is 9.19. The van der Waals surface area contributed by atoms with Crippen LogP contribution in [0.4, 0.5) is 0 Å². The molecular formula is C8H13Cl3SiTi. The predicted octanol–water partition coefficient (Wildman–Crippen LogP) is 4.69. The fourth-order valence-electron chi connectivity index (χ4n) is 1.48. The molecule has 0 N–H and O–H groups in total. The molecule has 0 heterocycles. The second-order valence-electron chi connectivity index (χ2n) is 4.25. The average Bonchev–Trinajstić information content (AvgIpc) is 2.27. The van der Waals surface area contributed by atoms with Crippen LogP contribution in [0.3, 0.4) is 0 Å². The molecule has 13 heavy (non-hydrogen) atoms. The van der Waals surface area contributed by atoms with Gasteiger partial charge in [-0.1, -0.05) is 0 Å². The van der Waals surface area contributed by atoms with Crippen LogP contribution in [0, 0.1) is 0 Å². The van der Waals surface area contributed by atoms with Crippen LogP contribution >= 0.6 is 27.9 Å². The van der Waals surface area contributed by atoms with Crippen LogP contribution in [-0.2, 0) is 13.4 Å². The maximum absolute atomic E-state index is 6.08. The number of hydrogen-bond donors (Lipinski definition) is 0. The number of allylic oxidation sites excluding steroid dienone is 4. The van der Waals surface area contributed by atoms with Crippen molar-refractivity contribution in [2.75, 3.05) is 0 Å². The van der Waals surface area contributed by atoms with E-state index in [0.29, 0.717) is 0 Å². The van der Waals surface area contributed by atoms with Gasteiger partial charge in [-0.3, -0.25) is 0 Å². The van der Waals surface area contributed by atoms with E-state index in [4.69, 9.17) is 27.9 Å². The van der Waals surface area contributed by atoms with Crippen LogP contribution in [0.1, 0.15) is 6.42 Å². The topological polar surface area (TPSA) is 0 Å². The Morgan fingerprint density at radius 2 is 1.77 bits per heavy atom. The van der Waals surface area contributed by atoms with Crippen molar-refractivity contribution in [1.82, 2.24) is 0 Å². The van der Waals surface area contributed by atoms with Crippen molar-refractivity contribution in [3.63, 3.8) is 0 Å². The molecule has 0 nitrogen and oxygen atoms in total. The first-order valence-electron chi connectivity index (χ1n) is 4.20. The SMILES string of the molecule is C[Si](C)(C)C1=[C]([Ti]([Cl])([Cl])[Cl])CC=C1. The molecule has 0 spiro atoms. The molecule has 0 aromatic rings. The monoisotopic (exact) mass is 290 g/mol. The molecule has 5 heteroatoms. The Kier molecular flexibility index (Phi) is 3.83. The van der Waals surface area contributed by atoms with Crippen LogP contribution < -0.4 is 0 Å². The van der Waals surface area contributed by atoms with Crippen molar-refractivity contribution in [2.24, 2.45) is 0 Å². The molecule has 0 radical (unpaired) electrons. The second-order valence-corrected chi connectivity index (χ2v) is 21.2. The summed E-state index contributed by atoms with van der Waals surface area (Å²) in [5, 5.41) is 1.37. The van der Waals surface area contributed by atoms with Gasteiger partial charge in [0.15, 0.2) is 0 Å². The van der Waals surface area contributed by atoms with Gasteiger partial charge in [-0.05, 0) is 0 Å². The molecule has 0 aromatic carbocycles. The van der Waals surface area contributed by atoms with Gasteiger partial charge in [-0.15, -0.1) is 0 Å². The first-order chi connectivity index (χ1) is 5.73. The second kappa shape index (κ2) is 4.03. The maximum atomic E-state index is 6.08. The summed E-state index contributed by atoms with van der Waals surface area (Å²) in [6.45, 7) is 6.86. The Balaban J connectivity index is 3.10. The van der Waals surface area contributed by atoms with E-state index in [9.17, 15) is 0 Å². The summed E-state index contributed by atoms with van der Waals surface area (Å²) in [6.07, 6.45) is 5.15. The molecule has 0 aromatic heterocycles. The van der Waals surface area contributed by atoms with E-state index in [1.165, 1.54) is 5.20 Å². The van der Waals surface area contributed by atoms with Crippen LogP contribution in [-0.4, -0.2) is 8.07 Å². The third-order valence-electron chi connectivity index (χ3n) is 2.08. The van der Waals surface area contributed by atoms with E-state index in [0.717, 1.165) is 10.3 Å². The van der Waals surface area contributed by atoms with Gasteiger partial charge in [0, 0.05) is 0 Å². The molecule has 1 rings (SSSR count). The van der Waals surface area contributed by atoms with Crippen LogP contribution in [0.5, 0.6) is 0 Å². The minimum atomic E-state index is -3.12. The molecule has 0 amide bonds. The van der Waals surface area contributed by atoms with Crippen LogP contribution in [0.2, 0.25) is 19.6 Å². The van der Waals surface area contributed by atoms with E-state index in [1.54, 1.807) is 0 Å². The fraction of sp³-hybridized carbons (Fsp3) is 0.500. The molecule has 0 unspecified atom stereocenters. The first kappa shape index (κ1) is 12.4. The third kappa shape index (κ3) is 3.12. The van der Waals surface area contributed by atoms with E-state index in [1.807, 2.05) is 0 Å². The van der Waals surface area contributed by atoms with Crippen molar-refractivity contribution < 1.29 is 13.4 Å². The molecule has 0 saturated carbocycles. The molecular weight excluding hydrogens is 278 g/mol. The van der Waals surface area contributed by atoms with Gasteiger partial charge in [0.05, 0.1) is 0 Å². The molecule has 0 aliphatic heterocycles. The molecule has 1 aliphatic carbocycles. The summed E-state index contributed by atoms with van der Waals surface area (Å²) in [4.78, 5) is 0. The van der Waals surface area contributed by atoms with E-state index in [2.05, 4.69) is 31.8 Å². The van der Waals surface area contributed by atoms with E-state index in [-0.39, 0.29) is 0 Å². The van der Waals surface area contributed by atoms with Crippen molar-refractivity contribution in [3.05, 3.63) is 21.2 Å². The Labute approximate surface area is 95.9 Å². The van der Waals surface area contributed by atoms with Crippen molar-refractivity contribution in [1.29, 1.82) is 0 Å². The normalized spacial score (nSPS) is 18.6. The summed E-state index contributed by atoms with van der Waals surface area (Å²) < 4.78 is 1.16. The Bertz CT molecular complexity index is 270. The Hall–Kier alpha value is 1.28. The summed E-state index contributed by atoms with van der Waals surface area (Å²) in [5.74, 6) is 0. The molecule has 0 atom stereocenters. The number of rotatable bonds is 2. The van der Waals surface area contributed by atoms with Gasteiger partial charge in [-0.2, -0.15) is 0 Å². The first-order valence-corrected chi connectivity index (χ1v) is 14.9. The fourth-order valence-corrected chi connectivity index (χ4v) is 9.98. The van der Waals surface area contributed by atoms with Gasteiger partial charge in [-0.25, -0.2) is 0 Å². The number of halogens is 3. The predicted molar refractivity (Wildman–Crippen MR) is 61.7 cm³/mol. The van der Waals surface area contributed by atoms with Gasteiger partial charge in [0.1, 0.15) is 0 Å². The zero-order valence-corrected chi connectivity index (χ0v) is 12.8.